The molecule has 0 radical (unpaired) electrons. The van der Waals surface area contributed by atoms with Gasteiger partial charge < -0.3 is 5.32 Å². The molecule has 0 aliphatic heterocycles. The quantitative estimate of drug-likeness (QED) is 0.887. The maximum Gasteiger partial charge on any atom is 0.326 e. The summed E-state index contributed by atoms with van der Waals surface area (Å²) in [6.07, 6.45) is 1.57. The standard InChI is InChI=1S/C12H10Cl2N4O/c1-7-4-5-15-11(16-7)18-12(19)17-8-2-3-9(13)10(14)6-8/h2-6H,1H3,(H2,15,16,17,18,19). The van der Waals surface area contributed by atoms with Crippen LogP contribution >= 0.6 is 23.2 Å². The van der Waals surface area contributed by atoms with Crippen molar-refractivity contribution in [2.75, 3.05) is 10.6 Å². The molecule has 5 nitrogen and oxygen atoms in total. The van der Waals surface area contributed by atoms with Gasteiger partial charge in [0, 0.05) is 17.6 Å². The van der Waals surface area contributed by atoms with Crippen LogP contribution in [0.5, 0.6) is 0 Å². The number of hydrogen-bond donors (Lipinski definition) is 2. The van der Waals surface area contributed by atoms with E-state index in [2.05, 4.69) is 20.6 Å². The summed E-state index contributed by atoms with van der Waals surface area (Å²) in [6.45, 7) is 1.81. The molecule has 1 aromatic heterocycles. The van der Waals surface area contributed by atoms with E-state index in [1.165, 1.54) is 0 Å². The Morgan fingerprint density at radius 3 is 2.63 bits per heavy atom. The number of anilines is 2. The monoisotopic (exact) mass is 296 g/mol. The zero-order chi connectivity index (χ0) is 13.8. The van der Waals surface area contributed by atoms with Crippen LogP contribution in [0, 0.1) is 6.92 Å². The first-order valence-electron chi connectivity index (χ1n) is 5.37. The number of carbonyl (C=O) groups is 1. The molecule has 0 spiro atoms. The Bertz CT molecular complexity index is 618. The van der Waals surface area contributed by atoms with Gasteiger partial charge in [-0.05, 0) is 31.2 Å². The molecule has 0 unspecified atom stereocenters. The first kappa shape index (κ1) is 13.6. The molecule has 2 amide bonds. The van der Waals surface area contributed by atoms with Gasteiger partial charge in [-0.25, -0.2) is 14.8 Å². The van der Waals surface area contributed by atoms with Crippen LogP contribution in [0.3, 0.4) is 0 Å². The van der Waals surface area contributed by atoms with Crippen LogP contribution in [0.25, 0.3) is 0 Å². The Morgan fingerprint density at radius 2 is 1.95 bits per heavy atom. The Balaban J connectivity index is 2.03. The Labute approximate surface area is 120 Å². The van der Waals surface area contributed by atoms with Gasteiger partial charge in [0.05, 0.1) is 10.0 Å². The highest BCUT2D eigenvalue weighted by Gasteiger charge is 2.06. The lowest BCUT2D eigenvalue weighted by Gasteiger charge is -2.07. The van der Waals surface area contributed by atoms with Gasteiger partial charge in [-0.3, -0.25) is 5.32 Å². The van der Waals surface area contributed by atoms with E-state index in [-0.39, 0.29) is 5.95 Å². The highest BCUT2D eigenvalue weighted by Crippen LogP contribution is 2.24. The topological polar surface area (TPSA) is 66.9 Å². The first-order valence-corrected chi connectivity index (χ1v) is 6.13. The molecule has 2 rings (SSSR count). The van der Waals surface area contributed by atoms with Crippen LogP contribution in [-0.2, 0) is 0 Å². The summed E-state index contributed by atoms with van der Waals surface area (Å²) in [5.41, 5.74) is 1.29. The Kier molecular flexibility index (Phi) is 4.19. The van der Waals surface area contributed by atoms with Crippen LogP contribution < -0.4 is 10.6 Å². The summed E-state index contributed by atoms with van der Waals surface area (Å²) in [4.78, 5) is 19.7. The predicted octanol–water partition coefficient (Wildman–Crippen LogP) is 3.74. The van der Waals surface area contributed by atoms with Crippen molar-refractivity contribution in [2.24, 2.45) is 0 Å². The molecule has 7 heteroatoms. The molecule has 0 bridgehead atoms. The summed E-state index contributed by atoms with van der Waals surface area (Å²) in [6, 6.07) is 6.08. The van der Waals surface area contributed by atoms with Crippen molar-refractivity contribution in [2.45, 2.75) is 6.92 Å². The minimum Gasteiger partial charge on any atom is -0.308 e. The molecule has 1 aromatic carbocycles. The molecule has 0 saturated carbocycles. The smallest absolute Gasteiger partial charge is 0.308 e. The molecule has 2 N–H and O–H groups in total. The van der Waals surface area contributed by atoms with Crippen molar-refractivity contribution in [3.05, 3.63) is 46.2 Å². The van der Waals surface area contributed by atoms with Crippen LogP contribution in [0.4, 0.5) is 16.4 Å². The van der Waals surface area contributed by atoms with Gasteiger partial charge >= 0.3 is 6.03 Å². The van der Waals surface area contributed by atoms with Gasteiger partial charge in [-0.1, -0.05) is 23.2 Å². The van der Waals surface area contributed by atoms with Crippen LogP contribution in [0.15, 0.2) is 30.5 Å². The van der Waals surface area contributed by atoms with Gasteiger partial charge in [0.15, 0.2) is 0 Å². The molecule has 98 valence electrons. The third kappa shape index (κ3) is 3.81. The number of amides is 2. The fraction of sp³-hybridized carbons (Fsp3) is 0.0833. The van der Waals surface area contributed by atoms with E-state index in [0.29, 0.717) is 15.7 Å². The number of nitrogens with one attached hydrogen (secondary N) is 2. The molecule has 0 aliphatic carbocycles. The molecule has 0 aliphatic rings. The molecule has 0 saturated heterocycles. The number of nitrogens with zero attached hydrogens (tertiary/aromatic N) is 2. The number of carbonyl (C=O) groups excluding carboxylic acids is 1. The van der Waals surface area contributed by atoms with E-state index in [1.807, 2.05) is 6.92 Å². The van der Waals surface area contributed by atoms with Crippen molar-refractivity contribution in [1.82, 2.24) is 9.97 Å². The normalized spacial score (nSPS) is 10.1. The number of hydrogen-bond acceptors (Lipinski definition) is 3. The number of rotatable bonds is 2. The molecule has 19 heavy (non-hydrogen) atoms. The Morgan fingerprint density at radius 1 is 1.16 bits per heavy atom. The van der Waals surface area contributed by atoms with Crippen LogP contribution in [0.1, 0.15) is 5.69 Å². The average Bonchev–Trinajstić information content (AvgIpc) is 2.34. The lowest BCUT2D eigenvalue weighted by atomic mass is 10.3. The molecule has 0 fully saturated rings. The van der Waals surface area contributed by atoms with E-state index in [1.54, 1.807) is 30.5 Å². The SMILES string of the molecule is Cc1ccnc(NC(=O)Nc2ccc(Cl)c(Cl)c2)n1. The maximum absolute atomic E-state index is 11.7. The molecular formula is C12H10Cl2N4O. The fourth-order valence-electron chi connectivity index (χ4n) is 1.35. The molecule has 2 aromatic rings. The second kappa shape index (κ2) is 5.86. The third-order valence-electron chi connectivity index (χ3n) is 2.20. The first-order chi connectivity index (χ1) is 9.04. The van der Waals surface area contributed by atoms with E-state index in [9.17, 15) is 4.79 Å². The number of benzene rings is 1. The van der Waals surface area contributed by atoms with Gasteiger partial charge in [-0.15, -0.1) is 0 Å². The van der Waals surface area contributed by atoms with E-state index >= 15 is 0 Å². The second-order valence-electron chi connectivity index (χ2n) is 3.73. The predicted molar refractivity (Wildman–Crippen MR) is 75.9 cm³/mol. The zero-order valence-corrected chi connectivity index (χ0v) is 11.5. The zero-order valence-electron chi connectivity index (χ0n) is 9.95. The Hall–Kier alpha value is -1.85. The summed E-state index contributed by atoms with van der Waals surface area (Å²) in [5.74, 6) is 0.234. The van der Waals surface area contributed by atoms with E-state index in [4.69, 9.17) is 23.2 Å². The lowest BCUT2D eigenvalue weighted by Crippen LogP contribution is -2.20. The number of aryl methyl sites for hydroxylation is 1. The third-order valence-corrected chi connectivity index (χ3v) is 2.94. The average molecular weight is 297 g/mol. The van der Waals surface area contributed by atoms with Crippen molar-refractivity contribution in [3.8, 4) is 0 Å². The van der Waals surface area contributed by atoms with Crippen molar-refractivity contribution < 1.29 is 4.79 Å². The van der Waals surface area contributed by atoms with Crippen LogP contribution in [-0.4, -0.2) is 16.0 Å². The van der Waals surface area contributed by atoms with Crippen LogP contribution in [0.2, 0.25) is 10.0 Å². The van der Waals surface area contributed by atoms with Gasteiger partial charge in [0.1, 0.15) is 0 Å². The number of halogens is 2. The summed E-state index contributed by atoms with van der Waals surface area (Å²) in [7, 11) is 0. The summed E-state index contributed by atoms with van der Waals surface area (Å²) >= 11 is 11.6. The van der Waals surface area contributed by atoms with Crippen molar-refractivity contribution >= 4 is 40.9 Å². The molecule has 1 heterocycles. The highest BCUT2D eigenvalue weighted by molar-refractivity contribution is 6.42. The van der Waals surface area contributed by atoms with E-state index in [0.717, 1.165) is 5.69 Å². The second-order valence-corrected chi connectivity index (χ2v) is 4.54. The van der Waals surface area contributed by atoms with Gasteiger partial charge in [-0.2, -0.15) is 0 Å². The molecule has 0 atom stereocenters. The largest absolute Gasteiger partial charge is 0.326 e. The fourth-order valence-corrected chi connectivity index (χ4v) is 1.65. The van der Waals surface area contributed by atoms with Gasteiger partial charge in [0.25, 0.3) is 0 Å². The molecular weight excluding hydrogens is 287 g/mol. The highest BCUT2D eigenvalue weighted by atomic mass is 35.5. The number of aromatic nitrogens is 2. The lowest BCUT2D eigenvalue weighted by molar-refractivity contribution is 0.262. The number of urea groups is 1. The summed E-state index contributed by atoms with van der Waals surface area (Å²) in [5, 5.41) is 5.91. The van der Waals surface area contributed by atoms with Crippen molar-refractivity contribution in [3.63, 3.8) is 0 Å². The van der Waals surface area contributed by atoms with Gasteiger partial charge in [0.2, 0.25) is 5.95 Å². The summed E-state index contributed by atoms with van der Waals surface area (Å²) < 4.78 is 0. The minimum absolute atomic E-state index is 0.234. The van der Waals surface area contributed by atoms with E-state index < -0.39 is 6.03 Å². The minimum atomic E-state index is -0.455. The maximum atomic E-state index is 11.7. The van der Waals surface area contributed by atoms with Crippen molar-refractivity contribution in [1.29, 1.82) is 0 Å².